The van der Waals surface area contributed by atoms with Gasteiger partial charge in [-0.2, -0.15) is 0 Å². The Balaban J connectivity index is 1.80. The number of benzene rings is 2. The number of rotatable bonds is 2. The standard InChI is InChI=1S/C20H20Cl2N2O2/c1-20(2,3)19(26)24-9-8-12-10-14(5-7-17(12)24)23-18(25)15-6-4-13(21)11-16(15)22/h4-7,10-11H,8-9H2,1-3H3,(H,23,25). The summed E-state index contributed by atoms with van der Waals surface area (Å²) in [5.41, 5.74) is 2.56. The predicted molar refractivity (Wildman–Crippen MR) is 106 cm³/mol. The first-order valence-corrected chi connectivity index (χ1v) is 9.14. The number of amides is 2. The number of fused-ring (bicyclic) bond motifs is 1. The molecule has 0 radical (unpaired) electrons. The Morgan fingerprint density at radius 1 is 1.08 bits per heavy atom. The molecule has 1 aliphatic rings. The second-order valence-corrected chi connectivity index (χ2v) is 8.22. The molecule has 1 N–H and O–H groups in total. The number of nitrogens with zero attached hydrogens (tertiary/aromatic N) is 1. The molecule has 1 heterocycles. The number of anilines is 2. The highest BCUT2D eigenvalue weighted by atomic mass is 35.5. The number of carbonyl (C=O) groups excluding carboxylic acids is 2. The highest BCUT2D eigenvalue weighted by Crippen LogP contribution is 2.34. The topological polar surface area (TPSA) is 49.4 Å². The van der Waals surface area contributed by atoms with Crippen LogP contribution >= 0.6 is 23.2 Å². The summed E-state index contributed by atoms with van der Waals surface area (Å²) in [5.74, 6) is -0.201. The van der Waals surface area contributed by atoms with Crippen LogP contribution in [0.4, 0.5) is 11.4 Å². The fourth-order valence-electron chi connectivity index (χ4n) is 2.97. The van der Waals surface area contributed by atoms with E-state index in [1.807, 2.05) is 37.8 Å². The van der Waals surface area contributed by atoms with Gasteiger partial charge in [-0.15, -0.1) is 0 Å². The van der Waals surface area contributed by atoms with Crippen LogP contribution in [0, 0.1) is 5.41 Å². The molecular weight excluding hydrogens is 371 g/mol. The van der Waals surface area contributed by atoms with Crippen molar-refractivity contribution in [1.29, 1.82) is 0 Å². The smallest absolute Gasteiger partial charge is 0.257 e. The van der Waals surface area contributed by atoms with Crippen LogP contribution in [0.3, 0.4) is 0 Å². The molecule has 2 aromatic carbocycles. The van der Waals surface area contributed by atoms with E-state index in [4.69, 9.17) is 23.2 Å². The highest BCUT2D eigenvalue weighted by molar-refractivity contribution is 6.37. The molecule has 4 nitrogen and oxygen atoms in total. The summed E-state index contributed by atoms with van der Waals surface area (Å²) in [7, 11) is 0. The van der Waals surface area contributed by atoms with Crippen LogP contribution in [0.15, 0.2) is 36.4 Å². The van der Waals surface area contributed by atoms with Gasteiger partial charge in [0.2, 0.25) is 5.91 Å². The molecule has 3 rings (SSSR count). The van der Waals surface area contributed by atoms with E-state index in [9.17, 15) is 9.59 Å². The van der Waals surface area contributed by atoms with Gasteiger partial charge in [0, 0.05) is 28.4 Å². The van der Waals surface area contributed by atoms with E-state index in [1.165, 1.54) is 6.07 Å². The maximum absolute atomic E-state index is 12.6. The number of hydrogen-bond acceptors (Lipinski definition) is 2. The molecule has 0 bridgehead atoms. The van der Waals surface area contributed by atoms with Gasteiger partial charge in [0.25, 0.3) is 5.91 Å². The number of carbonyl (C=O) groups is 2. The summed E-state index contributed by atoms with van der Waals surface area (Å²) in [6.07, 6.45) is 0.766. The van der Waals surface area contributed by atoms with Crippen LogP contribution < -0.4 is 10.2 Å². The normalized spacial score (nSPS) is 13.5. The van der Waals surface area contributed by atoms with E-state index in [-0.39, 0.29) is 11.8 Å². The van der Waals surface area contributed by atoms with Crippen molar-refractivity contribution in [3.05, 3.63) is 57.6 Å². The second-order valence-electron chi connectivity index (χ2n) is 7.38. The van der Waals surface area contributed by atoms with Gasteiger partial charge in [0.15, 0.2) is 0 Å². The Morgan fingerprint density at radius 2 is 1.81 bits per heavy atom. The first-order valence-electron chi connectivity index (χ1n) is 8.38. The molecule has 0 fully saturated rings. The van der Waals surface area contributed by atoms with E-state index >= 15 is 0 Å². The van der Waals surface area contributed by atoms with Gasteiger partial charge in [0.1, 0.15) is 0 Å². The molecule has 6 heteroatoms. The van der Waals surface area contributed by atoms with Crippen LogP contribution in [0.1, 0.15) is 36.7 Å². The Labute approximate surface area is 163 Å². The Hall–Kier alpha value is -2.04. The third kappa shape index (κ3) is 3.71. The third-order valence-corrected chi connectivity index (χ3v) is 4.84. The fraction of sp³-hybridized carbons (Fsp3) is 0.300. The van der Waals surface area contributed by atoms with Gasteiger partial charge in [0.05, 0.1) is 10.6 Å². The van der Waals surface area contributed by atoms with Crippen LogP contribution in [-0.2, 0) is 11.2 Å². The van der Waals surface area contributed by atoms with Gasteiger partial charge in [-0.05, 0) is 48.4 Å². The maximum atomic E-state index is 12.6. The largest absolute Gasteiger partial charge is 0.322 e. The van der Waals surface area contributed by atoms with Crippen LogP contribution in [0.25, 0.3) is 0 Å². The van der Waals surface area contributed by atoms with Crippen LogP contribution in [0.2, 0.25) is 10.0 Å². The van der Waals surface area contributed by atoms with Gasteiger partial charge in [-0.1, -0.05) is 44.0 Å². The van der Waals surface area contributed by atoms with E-state index in [1.54, 1.807) is 18.2 Å². The first kappa shape index (κ1) is 18.7. The van der Waals surface area contributed by atoms with E-state index in [0.717, 1.165) is 17.7 Å². The molecule has 0 saturated carbocycles. The lowest BCUT2D eigenvalue weighted by Crippen LogP contribution is -2.38. The molecule has 136 valence electrons. The summed E-state index contributed by atoms with van der Waals surface area (Å²) >= 11 is 12.0. The summed E-state index contributed by atoms with van der Waals surface area (Å²) < 4.78 is 0. The molecule has 0 spiro atoms. The quantitative estimate of drug-likeness (QED) is 0.767. The minimum atomic E-state index is -0.431. The van der Waals surface area contributed by atoms with E-state index < -0.39 is 5.41 Å². The summed E-state index contributed by atoms with van der Waals surface area (Å²) in [6.45, 7) is 6.40. The van der Waals surface area contributed by atoms with Crippen molar-refractivity contribution in [2.75, 3.05) is 16.8 Å². The van der Waals surface area contributed by atoms with Crippen molar-refractivity contribution in [3.8, 4) is 0 Å². The van der Waals surface area contributed by atoms with Crippen LogP contribution in [-0.4, -0.2) is 18.4 Å². The molecule has 0 saturated heterocycles. The van der Waals surface area contributed by atoms with Gasteiger partial charge in [-0.3, -0.25) is 9.59 Å². The van der Waals surface area contributed by atoms with E-state index in [2.05, 4.69) is 5.32 Å². The molecule has 0 unspecified atom stereocenters. The number of hydrogen-bond donors (Lipinski definition) is 1. The van der Waals surface area contributed by atoms with Gasteiger partial charge >= 0.3 is 0 Å². The Kier molecular flexibility index (Phi) is 5.00. The molecule has 26 heavy (non-hydrogen) atoms. The fourth-order valence-corrected chi connectivity index (χ4v) is 3.46. The van der Waals surface area contributed by atoms with Crippen molar-refractivity contribution in [3.63, 3.8) is 0 Å². The lowest BCUT2D eigenvalue weighted by atomic mass is 9.94. The van der Waals surface area contributed by atoms with Crippen molar-refractivity contribution in [2.24, 2.45) is 5.41 Å². The first-order chi connectivity index (χ1) is 12.2. The third-order valence-electron chi connectivity index (χ3n) is 4.30. The van der Waals surface area contributed by atoms with Crippen LogP contribution in [0.5, 0.6) is 0 Å². The zero-order valence-electron chi connectivity index (χ0n) is 14.9. The summed E-state index contributed by atoms with van der Waals surface area (Å²) in [4.78, 5) is 26.8. The molecule has 2 aromatic rings. The van der Waals surface area contributed by atoms with Crippen molar-refractivity contribution in [2.45, 2.75) is 27.2 Å². The highest BCUT2D eigenvalue weighted by Gasteiger charge is 2.32. The molecule has 0 aromatic heterocycles. The zero-order chi connectivity index (χ0) is 19.1. The Bertz CT molecular complexity index is 888. The van der Waals surface area contributed by atoms with Crippen molar-refractivity contribution in [1.82, 2.24) is 0 Å². The molecule has 1 aliphatic heterocycles. The maximum Gasteiger partial charge on any atom is 0.257 e. The minimum absolute atomic E-state index is 0.0981. The lowest BCUT2D eigenvalue weighted by Gasteiger charge is -2.26. The summed E-state index contributed by atoms with van der Waals surface area (Å²) in [5, 5.41) is 3.64. The van der Waals surface area contributed by atoms with Crippen molar-refractivity contribution >= 4 is 46.4 Å². The van der Waals surface area contributed by atoms with Gasteiger partial charge in [-0.25, -0.2) is 0 Å². The SMILES string of the molecule is CC(C)(C)C(=O)N1CCc2cc(NC(=O)c3ccc(Cl)cc3Cl)ccc21. The zero-order valence-corrected chi connectivity index (χ0v) is 16.4. The average Bonchev–Trinajstić information content (AvgIpc) is 2.96. The number of halogens is 2. The monoisotopic (exact) mass is 390 g/mol. The molecular formula is C20H20Cl2N2O2. The van der Waals surface area contributed by atoms with E-state index in [0.29, 0.717) is 27.8 Å². The number of nitrogens with one attached hydrogen (secondary N) is 1. The summed E-state index contributed by atoms with van der Waals surface area (Å²) in [6, 6.07) is 10.3. The average molecular weight is 391 g/mol. The Morgan fingerprint density at radius 3 is 2.46 bits per heavy atom. The molecule has 0 atom stereocenters. The lowest BCUT2D eigenvalue weighted by molar-refractivity contribution is -0.125. The second kappa shape index (κ2) is 6.93. The van der Waals surface area contributed by atoms with Gasteiger partial charge < -0.3 is 10.2 Å². The minimum Gasteiger partial charge on any atom is -0.322 e. The molecule has 2 amide bonds. The predicted octanol–water partition coefficient (Wildman–Crippen LogP) is 5.18. The molecule has 0 aliphatic carbocycles. The van der Waals surface area contributed by atoms with Crippen molar-refractivity contribution < 1.29 is 9.59 Å².